The molecule has 1 heterocycles. The Morgan fingerprint density at radius 1 is 1.33 bits per heavy atom. The zero-order valence-corrected chi connectivity index (χ0v) is 11.2. The van der Waals surface area contributed by atoms with Crippen LogP contribution in [0.1, 0.15) is 29.2 Å². The van der Waals surface area contributed by atoms with Crippen molar-refractivity contribution in [2.75, 3.05) is 25.1 Å². The highest BCUT2D eigenvalue weighted by Crippen LogP contribution is 2.40. The molecule has 0 spiro atoms. The Morgan fingerprint density at radius 2 is 2.00 bits per heavy atom. The Balaban J connectivity index is 2.50. The minimum Gasteiger partial charge on any atom is -0.396 e. The smallest absolute Gasteiger partial charge is 0.248 e. The van der Waals surface area contributed by atoms with E-state index in [0.29, 0.717) is 13.0 Å². The second kappa shape index (κ2) is 5.08. The zero-order valence-electron chi connectivity index (χ0n) is 11.2. The number of carbonyl (C=O) groups is 1. The van der Waals surface area contributed by atoms with Gasteiger partial charge >= 0.3 is 0 Å². The molecule has 1 aromatic carbocycles. The summed E-state index contributed by atoms with van der Waals surface area (Å²) in [5, 5.41) is 12.0. The number of hydrogen-bond acceptors (Lipinski definition) is 3. The number of aryl methyl sites for hydroxylation is 2. The van der Waals surface area contributed by atoms with Gasteiger partial charge in [0.1, 0.15) is 6.04 Å². The van der Waals surface area contributed by atoms with Crippen molar-refractivity contribution < 1.29 is 9.90 Å². The first-order valence-electron chi connectivity index (χ1n) is 6.31. The number of fused-ring (bicyclic) bond motifs is 1. The molecule has 0 saturated carbocycles. The van der Waals surface area contributed by atoms with Crippen LogP contribution >= 0.6 is 0 Å². The predicted octanol–water partition coefficient (Wildman–Crippen LogP) is 1.29. The molecule has 1 aromatic rings. The summed E-state index contributed by atoms with van der Waals surface area (Å²) in [6.45, 7) is 4.74. The van der Waals surface area contributed by atoms with Crippen molar-refractivity contribution in [1.29, 1.82) is 0 Å². The number of amides is 1. The van der Waals surface area contributed by atoms with Crippen molar-refractivity contribution >= 4 is 11.6 Å². The van der Waals surface area contributed by atoms with Crippen LogP contribution in [-0.2, 0) is 4.79 Å². The van der Waals surface area contributed by atoms with Crippen LogP contribution in [0.4, 0.5) is 5.69 Å². The largest absolute Gasteiger partial charge is 0.396 e. The summed E-state index contributed by atoms with van der Waals surface area (Å²) >= 11 is 0. The number of nitrogens with zero attached hydrogens (tertiary/aromatic N) is 1. The maximum absolute atomic E-state index is 12.4. The fourth-order valence-electron chi connectivity index (χ4n) is 2.65. The Morgan fingerprint density at radius 3 is 2.61 bits per heavy atom. The monoisotopic (exact) mass is 248 g/mol. The number of nitrogens with one attached hydrogen (secondary N) is 1. The molecular formula is C14H20N2O2. The molecule has 1 unspecified atom stereocenters. The standard InChI is InChI=1S/C14H20N2O2/c1-9-5-6-10(2)13-11(9)12(15-3)14(18)16(13)7-4-8-17/h5-6,12,15,17H,4,7-8H2,1-3H3. The Labute approximate surface area is 108 Å². The highest BCUT2D eigenvalue weighted by Gasteiger charge is 2.37. The lowest BCUT2D eigenvalue weighted by molar-refractivity contribution is -0.119. The average Bonchev–Trinajstić information content (AvgIpc) is 2.65. The molecular weight excluding hydrogens is 228 g/mol. The first-order valence-corrected chi connectivity index (χ1v) is 6.31. The predicted molar refractivity (Wildman–Crippen MR) is 71.8 cm³/mol. The van der Waals surface area contributed by atoms with Gasteiger partial charge in [0, 0.05) is 18.7 Å². The van der Waals surface area contributed by atoms with Crippen molar-refractivity contribution in [2.45, 2.75) is 26.3 Å². The zero-order chi connectivity index (χ0) is 13.3. The molecule has 4 heteroatoms. The van der Waals surface area contributed by atoms with Crippen molar-refractivity contribution in [1.82, 2.24) is 5.32 Å². The van der Waals surface area contributed by atoms with Crippen LogP contribution in [-0.4, -0.2) is 31.2 Å². The molecule has 0 radical (unpaired) electrons. The van der Waals surface area contributed by atoms with Crippen molar-refractivity contribution in [3.05, 3.63) is 28.8 Å². The van der Waals surface area contributed by atoms with Crippen LogP contribution in [0.15, 0.2) is 12.1 Å². The summed E-state index contributed by atoms with van der Waals surface area (Å²) in [5.74, 6) is 0.0818. The molecule has 0 bridgehead atoms. The minimum absolute atomic E-state index is 0.0818. The molecule has 18 heavy (non-hydrogen) atoms. The van der Waals surface area contributed by atoms with E-state index >= 15 is 0 Å². The highest BCUT2D eigenvalue weighted by molar-refractivity contribution is 6.05. The molecule has 1 amide bonds. The average molecular weight is 248 g/mol. The summed E-state index contributed by atoms with van der Waals surface area (Å²) in [7, 11) is 1.81. The lowest BCUT2D eigenvalue weighted by Gasteiger charge is -2.19. The topological polar surface area (TPSA) is 52.6 Å². The van der Waals surface area contributed by atoms with E-state index in [9.17, 15) is 4.79 Å². The normalized spacial score (nSPS) is 18.3. The summed E-state index contributed by atoms with van der Waals surface area (Å²) in [4.78, 5) is 14.2. The fraction of sp³-hybridized carbons (Fsp3) is 0.500. The van der Waals surface area contributed by atoms with Crippen LogP contribution in [0.5, 0.6) is 0 Å². The summed E-state index contributed by atoms with van der Waals surface area (Å²) < 4.78 is 0. The number of rotatable bonds is 4. The summed E-state index contributed by atoms with van der Waals surface area (Å²) in [5.41, 5.74) is 4.35. The summed E-state index contributed by atoms with van der Waals surface area (Å²) in [6.07, 6.45) is 0.606. The molecule has 1 aliphatic heterocycles. The van der Waals surface area contributed by atoms with Gasteiger partial charge in [-0.15, -0.1) is 0 Å². The van der Waals surface area contributed by atoms with Gasteiger partial charge in [-0.3, -0.25) is 4.79 Å². The van der Waals surface area contributed by atoms with Gasteiger partial charge in [-0.25, -0.2) is 0 Å². The third-order valence-electron chi connectivity index (χ3n) is 3.54. The number of likely N-dealkylation sites (N-methyl/N-ethyl adjacent to an activating group) is 1. The van der Waals surface area contributed by atoms with Gasteiger partial charge in [0.15, 0.2) is 0 Å². The molecule has 2 rings (SSSR count). The van der Waals surface area contributed by atoms with E-state index in [0.717, 1.165) is 22.4 Å². The van der Waals surface area contributed by atoms with Gasteiger partial charge in [0.05, 0.1) is 5.69 Å². The Bertz CT molecular complexity index is 471. The molecule has 0 aliphatic carbocycles. The van der Waals surface area contributed by atoms with Crippen molar-refractivity contribution in [3.8, 4) is 0 Å². The minimum atomic E-state index is -0.251. The third-order valence-corrected chi connectivity index (χ3v) is 3.54. The van der Waals surface area contributed by atoms with E-state index in [1.54, 1.807) is 4.90 Å². The summed E-state index contributed by atoms with van der Waals surface area (Å²) in [6, 6.07) is 3.85. The van der Waals surface area contributed by atoms with E-state index < -0.39 is 0 Å². The van der Waals surface area contributed by atoms with Gasteiger partial charge in [0.2, 0.25) is 5.91 Å². The van der Waals surface area contributed by atoms with Gasteiger partial charge < -0.3 is 15.3 Å². The number of anilines is 1. The molecule has 1 atom stereocenters. The lowest BCUT2D eigenvalue weighted by atomic mass is 9.99. The van der Waals surface area contributed by atoms with E-state index in [-0.39, 0.29) is 18.6 Å². The number of hydrogen-bond donors (Lipinski definition) is 2. The maximum atomic E-state index is 12.4. The maximum Gasteiger partial charge on any atom is 0.248 e. The number of carbonyl (C=O) groups excluding carboxylic acids is 1. The molecule has 0 fully saturated rings. The van der Waals surface area contributed by atoms with Crippen LogP contribution in [0.3, 0.4) is 0 Å². The van der Waals surface area contributed by atoms with Crippen molar-refractivity contribution in [3.63, 3.8) is 0 Å². The molecule has 2 N–H and O–H groups in total. The van der Waals surface area contributed by atoms with E-state index in [2.05, 4.69) is 11.4 Å². The molecule has 0 saturated heterocycles. The van der Waals surface area contributed by atoms with Crippen LogP contribution < -0.4 is 10.2 Å². The van der Waals surface area contributed by atoms with Gasteiger partial charge in [-0.1, -0.05) is 12.1 Å². The number of aliphatic hydroxyl groups excluding tert-OH is 1. The SMILES string of the molecule is CNC1C(=O)N(CCCO)c2c(C)ccc(C)c21. The van der Waals surface area contributed by atoms with Gasteiger partial charge in [-0.2, -0.15) is 0 Å². The first kappa shape index (κ1) is 13.1. The van der Waals surface area contributed by atoms with E-state index in [1.807, 2.05) is 27.0 Å². The van der Waals surface area contributed by atoms with Gasteiger partial charge in [-0.05, 0) is 38.4 Å². The fourth-order valence-corrected chi connectivity index (χ4v) is 2.65. The van der Waals surface area contributed by atoms with E-state index in [4.69, 9.17) is 5.11 Å². The number of benzene rings is 1. The van der Waals surface area contributed by atoms with Crippen molar-refractivity contribution in [2.24, 2.45) is 0 Å². The van der Waals surface area contributed by atoms with Gasteiger partial charge in [0.25, 0.3) is 0 Å². The molecule has 0 aromatic heterocycles. The quantitative estimate of drug-likeness (QED) is 0.844. The number of aliphatic hydroxyl groups is 1. The van der Waals surface area contributed by atoms with E-state index in [1.165, 1.54) is 0 Å². The molecule has 4 nitrogen and oxygen atoms in total. The van der Waals surface area contributed by atoms with Crippen LogP contribution in [0.25, 0.3) is 0 Å². The highest BCUT2D eigenvalue weighted by atomic mass is 16.3. The van der Waals surface area contributed by atoms with Crippen LogP contribution in [0.2, 0.25) is 0 Å². The third kappa shape index (κ3) is 1.91. The van der Waals surface area contributed by atoms with Crippen LogP contribution in [0, 0.1) is 13.8 Å². The first-order chi connectivity index (χ1) is 8.61. The molecule has 1 aliphatic rings. The second-order valence-corrected chi connectivity index (χ2v) is 4.75. The Kier molecular flexibility index (Phi) is 3.68. The Hall–Kier alpha value is -1.39. The lowest BCUT2D eigenvalue weighted by Crippen LogP contribution is -2.34. The second-order valence-electron chi connectivity index (χ2n) is 4.75. The molecule has 98 valence electrons.